The molecule has 0 spiro atoms. The zero-order valence-corrected chi connectivity index (χ0v) is 20.0. The second-order valence-corrected chi connectivity index (χ2v) is 8.21. The summed E-state index contributed by atoms with van der Waals surface area (Å²) in [6, 6.07) is 14.1. The molecule has 174 valence electrons. The smallest absolute Gasteiger partial charge is 0.242 e. The Morgan fingerprint density at radius 3 is 2.47 bits per heavy atom. The molecule has 0 bridgehead atoms. The van der Waals surface area contributed by atoms with E-state index in [9.17, 15) is 9.59 Å². The van der Waals surface area contributed by atoms with E-state index in [1.54, 1.807) is 43.2 Å². The van der Waals surface area contributed by atoms with Gasteiger partial charge in [0.1, 0.15) is 17.5 Å². The maximum Gasteiger partial charge on any atom is 0.242 e. The lowest BCUT2D eigenvalue weighted by Crippen LogP contribution is -2.49. The lowest BCUT2D eigenvalue weighted by atomic mass is 10.1. The van der Waals surface area contributed by atoms with Gasteiger partial charge in [-0.05, 0) is 68.7 Å². The highest BCUT2D eigenvalue weighted by Gasteiger charge is 2.26. The molecule has 1 N–H and O–H groups in total. The zero-order valence-electron chi connectivity index (χ0n) is 19.3. The molecule has 0 aliphatic carbocycles. The standard InChI is InChI=1S/C25H33ClN2O4/c1-5-18(2)27-25(30)19(3)28(17-20-8-6-9-23(16-20)31-4)24(29)10-7-15-32-22-13-11-21(26)12-14-22/h6,8-9,11-14,16,18-19H,5,7,10,15,17H2,1-4H3,(H,27,30). The van der Waals surface area contributed by atoms with Crippen molar-refractivity contribution in [1.82, 2.24) is 10.2 Å². The monoisotopic (exact) mass is 460 g/mol. The highest BCUT2D eigenvalue weighted by atomic mass is 35.5. The molecule has 0 saturated carbocycles. The first-order valence-electron chi connectivity index (χ1n) is 10.9. The number of rotatable bonds is 12. The molecule has 2 aromatic rings. The number of carbonyl (C=O) groups excluding carboxylic acids is 2. The van der Waals surface area contributed by atoms with Crippen LogP contribution >= 0.6 is 11.6 Å². The van der Waals surface area contributed by atoms with Gasteiger partial charge in [-0.25, -0.2) is 0 Å². The Hall–Kier alpha value is -2.73. The number of hydrogen-bond donors (Lipinski definition) is 1. The van der Waals surface area contributed by atoms with Gasteiger partial charge in [0.25, 0.3) is 0 Å². The van der Waals surface area contributed by atoms with Gasteiger partial charge in [0.2, 0.25) is 11.8 Å². The number of nitrogens with one attached hydrogen (secondary N) is 1. The second kappa shape index (κ2) is 13.0. The van der Waals surface area contributed by atoms with Crippen LogP contribution in [0.2, 0.25) is 5.02 Å². The molecule has 2 aromatic carbocycles. The molecule has 0 aromatic heterocycles. The molecule has 0 radical (unpaired) electrons. The van der Waals surface area contributed by atoms with E-state index in [0.29, 0.717) is 36.1 Å². The Bertz CT molecular complexity index is 873. The third-order valence-electron chi connectivity index (χ3n) is 5.27. The Morgan fingerprint density at radius 2 is 1.81 bits per heavy atom. The van der Waals surface area contributed by atoms with Crippen LogP contribution in [0.3, 0.4) is 0 Å². The predicted molar refractivity (Wildman–Crippen MR) is 127 cm³/mol. The van der Waals surface area contributed by atoms with Crippen molar-refractivity contribution in [2.24, 2.45) is 0 Å². The second-order valence-electron chi connectivity index (χ2n) is 7.77. The largest absolute Gasteiger partial charge is 0.497 e. The predicted octanol–water partition coefficient (Wildman–Crippen LogP) is 4.84. The fourth-order valence-electron chi connectivity index (χ4n) is 3.10. The minimum absolute atomic E-state index is 0.0477. The van der Waals surface area contributed by atoms with Gasteiger partial charge in [-0.15, -0.1) is 0 Å². The van der Waals surface area contributed by atoms with Gasteiger partial charge in [0.15, 0.2) is 0 Å². The van der Waals surface area contributed by atoms with Gasteiger partial charge in [-0.2, -0.15) is 0 Å². The third-order valence-corrected chi connectivity index (χ3v) is 5.52. The van der Waals surface area contributed by atoms with Crippen molar-refractivity contribution < 1.29 is 19.1 Å². The lowest BCUT2D eigenvalue weighted by Gasteiger charge is -2.30. The molecule has 6 nitrogen and oxygen atoms in total. The fourth-order valence-corrected chi connectivity index (χ4v) is 3.23. The highest BCUT2D eigenvalue weighted by Crippen LogP contribution is 2.18. The molecule has 2 atom stereocenters. The Morgan fingerprint density at radius 1 is 1.09 bits per heavy atom. The van der Waals surface area contributed by atoms with Crippen LogP contribution in [0.25, 0.3) is 0 Å². The molecule has 0 fully saturated rings. The van der Waals surface area contributed by atoms with Crippen LogP contribution in [0.5, 0.6) is 11.5 Å². The van der Waals surface area contributed by atoms with Crippen molar-refractivity contribution in [1.29, 1.82) is 0 Å². The van der Waals surface area contributed by atoms with Crippen LogP contribution < -0.4 is 14.8 Å². The topological polar surface area (TPSA) is 67.9 Å². The molecule has 7 heteroatoms. The molecule has 0 heterocycles. The van der Waals surface area contributed by atoms with E-state index in [2.05, 4.69) is 5.32 Å². The van der Waals surface area contributed by atoms with E-state index in [-0.39, 0.29) is 24.3 Å². The number of methoxy groups -OCH3 is 1. The normalized spacial score (nSPS) is 12.5. The Balaban J connectivity index is 2.03. The number of carbonyl (C=O) groups is 2. The van der Waals surface area contributed by atoms with E-state index >= 15 is 0 Å². The molecular weight excluding hydrogens is 428 g/mol. The van der Waals surface area contributed by atoms with Crippen molar-refractivity contribution in [2.45, 2.75) is 58.7 Å². The molecule has 0 aliphatic rings. The number of benzene rings is 2. The maximum absolute atomic E-state index is 13.1. The summed E-state index contributed by atoms with van der Waals surface area (Å²) in [5, 5.41) is 3.62. The summed E-state index contributed by atoms with van der Waals surface area (Å²) < 4.78 is 11.0. The van der Waals surface area contributed by atoms with Gasteiger partial charge in [-0.1, -0.05) is 30.7 Å². The average Bonchev–Trinajstić information content (AvgIpc) is 2.80. The fraction of sp³-hybridized carbons (Fsp3) is 0.440. The van der Waals surface area contributed by atoms with E-state index in [1.807, 2.05) is 38.1 Å². The molecule has 0 saturated heterocycles. The summed E-state index contributed by atoms with van der Waals surface area (Å²) in [6.07, 6.45) is 1.64. The first-order chi connectivity index (χ1) is 15.3. The van der Waals surface area contributed by atoms with Gasteiger partial charge in [0.05, 0.1) is 13.7 Å². The van der Waals surface area contributed by atoms with Crippen molar-refractivity contribution in [3.63, 3.8) is 0 Å². The first kappa shape index (κ1) is 25.5. The van der Waals surface area contributed by atoms with Crippen LogP contribution in [0, 0.1) is 0 Å². The van der Waals surface area contributed by atoms with Gasteiger partial charge >= 0.3 is 0 Å². The van der Waals surface area contributed by atoms with Crippen molar-refractivity contribution in [2.75, 3.05) is 13.7 Å². The van der Waals surface area contributed by atoms with Crippen LogP contribution in [-0.4, -0.2) is 42.5 Å². The third kappa shape index (κ3) is 8.08. The lowest BCUT2D eigenvalue weighted by molar-refractivity contribution is -0.141. The SMILES string of the molecule is CCC(C)NC(=O)C(C)N(Cc1cccc(OC)c1)C(=O)CCCOc1ccc(Cl)cc1. The molecule has 2 unspecified atom stereocenters. The van der Waals surface area contributed by atoms with Crippen LogP contribution in [0.1, 0.15) is 45.6 Å². The zero-order chi connectivity index (χ0) is 23.5. The van der Waals surface area contributed by atoms with Crippen LogP contribution in [-0.2, 0) is 16.1 Å². The molecule has 2 amide bonds. The van der Waals surface area contributed by atoms with Gasteiger partial charge in [-0.3, -0.25) is 9.59 Å². The van der Waals surface area contributed by atoms with E-state index < -0.39 is 6.04 Å². The number of ether oxygens (including phenoxy) is 2. The average molecular weight is 461 g/mol. The summed E-state index contributed by atoms with van der Waals surface area (Å²) in [6.45, 7) is 6.44. The molecule has 0 aliphatic heterocycles. The van der Waals surface area contributed by atoms with Crippen molar-refractivity contribution in [3.05, 3.63) is 59.1 Å². The number of halogens is 1. The molecule has 2 rings (SSSR count). The van der Waals surface area contributed by atoms with Gasteiger partial charge < -0.3 is 19.7 Å². The minimum atomic E-state index is -0.597. The number of amides is 2. The number of nitrogens with zero attached hydrogens (tertiary/aromatic N) is 1. The van der Waals surface area contributed by atoms with E-state index in [4.69, 9.17) is 21.1 Å². The summed E-state index contributed by atoms with van der Waals surface area (Å²) in [5.74, 6) is 1.16. The highest BCUT2D eigenvalue weighted by molar-refractivity contribution is 6.30. The van der Waals surface area contributed by atoms with Gasteiger partial charge in [0, 0.05) is 24.0 Å². The van der Waals surface area contributed by atoms with Crippen LogP contribution in [0.4, 0.5) is 0 Å². The maximum atomic E-state index is 13.1. The summed E-state index contributed by atoms with van der Waals surface area (Å²) in [5.41, 5.74) is 0.901. The summed E-state index contributed by atoms with van der Waals surface area (Å²) in [4.78, 5) is 27.5. The van der Waals surface area contributed by atoms with Crippen molar-refractivity contribution in [3.8, 4) is 11.5 Å². The first-order valence-corrected chi connectivity index (χ1v) is 11.3. The Labute approximate surface area is 195 Å². The summed E-state index contributed by atoms with van der Waals surface area (Å²) >= 11 is 5.88. The molecule has 32 heavy (non-hydrogen) atoms. The molecular formula is C25H33ClN2O4. The number of hydrogen-bond acceptors (Lipinski definition) is 4. The van der Waals surface area contributed by atoms with E-state index in [0.717, 1.165) is 12.0 Å². The van der Waals surface area contributed by atoms with E-state index in [1.165, 1.54) is 0 Å². The van der Waals surface area contributed by atoms with Crippen LogP contribution in [0.15, 0.2) is 48.5 Å². The minimum Gasteiger partial charge on any atom is -0.497 e. The quantitative estimate of drug-likeness (QED) is 0.460. The Kier molecular flexibility index (Phi) is 10.3. The summed E-state index contributed by atoms with van der Waals surface area (Å²) in [7, 11) is 1.60. The van der Waals surface area contributed by atoms with Crippen molar-refractivity contribution >= 4 is 23.4 Å².